The van der Waals surface area contributed by atoms with Crippen LogP contribution in [0.15, 0.2) is 35.3 Å². The summed E-state index contributed by atoms with van der Waals surface area (Å²) in [6, 6.07) is 7.69. The molecule has 2 aliphatic heterocycles. The van der Waals surface area contributed by atoms with Gasteiger partial charge in [-0.2, -0.15) is 0 Å². The molecule has 5 heterocycles. The number of hydrogen-bond acceptors (Lipinski definition) is 7. The van der Waals surface area contributed by atoms with Gasteiger partial charge in [-0.1, -0.05) is 6.92 Å². The summed E-state index contributed by atoms with van der Waals surface area (Å²) in [6.07, 6.45) is 2.59. The molecule has 0 aliphatic carbocycles. The molecule has 0 unspecified atom stereocenters. The number of carbonyl (C=O) groups excluding carboxylic acids is 1. The molecule has 2 N–H and O–H groups in total. The summed E-state index contributed by atoms with van der Waals surface area (Å²) >= 11 is 0. The molecule has 2 fully saturated rings. The Morgan fingerprint density at radius 1 is 1.26 bits per heavy atom. The minimum Gasteiger partial charge on any atom is -0.376 e. The maximum absolute atomic E-state index is 12.2. The van der Waals surface area contributed by atoms with E-state index < -0.39 is 0 Å². The lowest BCUT2D eigenvalue weighted by molar-refractivity contribution is -0.0834. The van der Waals surface area contributed by atoms with Crippen LogP contribution in [0.5, 0.6) is 0 Å². The molecule has 3 aromatic rings. The molecular weight excluding hydrogens is 432 g/mol. The zero-order valence-corrected chi connectivity index (χ0v) is 19.9. The molecule has 3 aromatic heterocycles. The van der Waals surface area contributed by atoms with Crippen molar-refractivity contribution in [2.24, 2.45) is 0 Å². The smallest absolute Gasteiger partial charge is 0.269 e. The van der Waals surface area contributed by atoms with Crippen LogP contribution in [-0.4, -0.2) is 71.2 Å². The van der Waals surface area contributed by atoms with Gasteiger partial charge in [0.05, 0.1) is 41.2 Å². The first-order valence-corrected chi connectivity index (χ1v) is 11.7. The summed E-state index contributed by atoms with van der Waals surface area (Å²) in [4.78, 5) is 41.1. The van der Waals surface area contributed by atoms with Crippen molar-refractivity contribution in [1.29, 1.82) is 0 Å². The first-order valence-electron chi connectivity index (χ1n) is 11.7. The number of fused-ring (bicyclic) bond motifs is 1. The monoisotopic (exact) mass is 462 g/mol. The molecule has 0 atom stereocenters. The van der Waals surface area contributed by atoms with Crippen molar-refractivity contribution in [2.75, 3.05) is 44.8 Å². The predicted molar refractivity (Wildman–Crippen MR) is 130 cm³/mol. The quantitative estimate of drug-likeness (QED) is 0.594. The van der Waals surface area contributed by atoms with E-state index in [4.69, 9.17) is 4.74 Å². The fourth-order valence-electron chi connectivity index (χ4n) is 5.02. The van der Waals surface area contributed by atoms with Crippen molar-refractivity contribution in [2.45, 2.75) is 32.4 Å². The lowest BCUT2D eigenvalue weighted by atomic mass is 9.90. The van der Waals surface area contributed by atoms with E-state index in [0.717, 1.165) is 59.7 Å². The number of piperazine rings is 1. The van der Waals surface area contributed by atoms with E-state index >= 15 is 0 Å². The maximum atomic E-state index is 12.2. The Morgan fingerprint density at radius 3 is 2.76 bits per heavy atom. The van der Waals surface area contributed by atoms with Gasteiger partial charge in [-0.15, -0.1) is 0 Å². The average Bonchev–Trinajstić information content (AvgIpc) is 2.82. The van der Waals surface area contributed by atoms with Gasteiger partial charge < -0.3 is 19.9 Å². The van der Waals surface area contributed by atoms with Crippen LogP contribution in [0.25, 0.3) is 11.0 Å². The maximum Gasteiger partial charge on any atom is 0.269 e. The molecule has 5 rings (SSSR count). The van der Waals surface area contributed by atoms with E-state index in [0.29, 0.717) is 25.3 Å². The number of aromatic amines is 1. The van der Waals surface area contributed by atoms with Crippen molar-refractivity contribution in [1.82, 2.24) is 25.2 Å². The Balaban J connectivity index is 1.35. The molecule has 0 bridgehead atoms. The molecule has 0 aromatic carbocycles. The molecule has 178 valence electrons. The summed E-state index contributed by atoms with van der Waals surface area (Å²) in [6.45, 7) is 8.55. The number of anilines is 1. The van der Waals surface area contributed by atoms with E-state index in [9.17, 15) is 9.59 Å². The van der Waals surface area contributed by atoms with Crippen molar-refractivity contribution in [3.8, 4) is 0 Å². The number of aryl methyl sites for hydroxylation is 2. The molecule has 1 amide bonds. The van der Waals surface area contributed by atoms with Gasteiger partial charge in [0.25, 0.3) is 11.5 Å². The first kappa shape index (κ1) is 22.5. The van der Waals surface area contributed by atoms with Gasteiger partial charge in [0.1, 0.15) is 5.69 Å². The number of pyridine rings is 3. The first-order chi connectivity index (χ1) is 16.4. The fourth-order valence-corrected chi connectivity index (χ4v) is 5.02. The van der Waals surface area contributed by atoms with Crippen LogP contribution in [-0.2, 0) is 17.7 Å². The third kappa shape index (κ3) is 3.95. The van der Waals surface area contributed by atoms with Crippen LogP contribution < -0.4 is 15.8 Å². The number of rotatable bonds is 5. The van der Waals surface area contributed by atoms with Gasteiger partial charge in [0.15, 0.2) is 0 Å². The summed E-state index contributed by atoms with van der Waals surface area (Å²) in [5.41, 5.74) is 5.58. The Kier molecular flexibility index (Phi) is 5.83. The fraction of sp³-hybridized carbons (Fsp3) is 0.440. The highest BCUT2D eigenvalue weighted by atomic mass is 16.5. The lowest BCUT2D eigenvalue weighted by Crippen LogP contribution is -2.71. The zero-order valence-electron chi connectivity index (χ0n) is 19.9. The highest BCUT2D eigenvalue weighted by molar-refractivity contribution is 5.92. The summed E-state index contributed by atoms with van der Waals surface area (Å²) in [5.74, 6) is -0.183. The molecular formula is C25H30N6O3. The number of amides is 1. The van der Waals surface area contributed by atoms with Crippen LogP contribution >= 0.6 is 0 Å². The SMILES string of the molecule is CCc1cc2ncc(CN3CCN(c4ccc(C(=O)NC)nc4C)C4(COC4)C3)cc2[nH]c1=O. The molecule has 1 spiro atoms. The van der Waals surface area contributed by atoms with Crippen LogP contribution in [0.2, 0.25) is 0 Å². The Bertz CT molecular complexity index is 1300. The number of aromatic nitrogens is 3. The topological polar surface area (TPSA) is 103 Å². The van der Waals surface area contributed by atoms with Gasteiger partial charge in [-0.3, -0.25) is 19.5 Å². The largest absolute Gasteiger partial charge is 0.376 e. The third-order valence-corrected chi connectivity index (χ3v) is 6.89. The minimum atomic E-state index is -0.183. The summed E-state index contributed by atoms with van der Waals surface area (Å²) < 4.78 is 5.67. The summed E-state index contributed by atoms with van der Waals surface area (Å²) in [5, 5.41) is 2.63. The normalized spacial score (nSPS) is 17.7. The molecule has 34 heavy (non-hydrogen) atoms. The lowest BCUT2D eigenvalue weighted by Gasteiger charge is -2.56. The molecule has 2 saturated heterocycles. The molecule has 0 saturated carbocycles. The van der Waals surface area contributed by atoms with E-state index in [1.54, 1.807) is 13.1 Å². The average molecular weight is 463 g/mol. The van der Waals surface area contributed by atoms with E-state index in [1.807, 2.05) is 38.2 Å². The number of nitrogens with one attached hydrogen (secondary N) is 2. The van der Waals surface area contributed by atoms with Crippen LogP contribution in [0, 0.1) is 6.92 Å². The minimum absolute atomic E-state index is 0.0421. The van der Waals surface area contributed by atoms with E-state index in [1.165, 1.54) is 0 Å². The van der Waals surface area contributed by atoms with E-state index in [2.05, 4.69) is 30.1 Å². The Labute approximate surface area is 198 Å². The highest BCUT2D eigenvalue weighted by Crippen LogP contribution is 2.35. The van der Waals surface area contributed by atoms with Gasteiger partial charge in [-0.25, -0.2) is 4.98 Å². The second-order valence-corrected chi connectivity index (χ2v) is 9.21. The van der Waals surface area contributed by atoms with Gasteiger partial charge in [0.2, 0.25) is 0 Å². The molecule has 9 nitrogen and oxygen atoms in total. The van der Waals surface area contributed by atoms with Gasteiger partial charge >= 0.3 is 0 Å². The second-order valence-electron chi connectivity index (χ2n) is 9.21. The number of hydrogen-bond donors (Lipinski definition) is 2. The molecule has 0 radical (unpaired) electrons. The Morgan fingerprint density at radius 2 is 2.09 bits per heavy atom. The van der Waals surface area contributed by atoms with Crippen molar-refractivity contribution in [3.63, 3.8) is 0 Å². The second kappa shape index (κ2) is 8.81. The third-order valence-electron chi connectivity index (χ3n) is 6.89. The summed E-state index contributed by atoms with van der Waals surface area (Å²) in [7, 11) is 1.61. The van der Waals surface area contributed by atoms with Crippen molar-refractivity contribution in [3.05, 3.63) is 63.3 Å². The van der Waals surface area contributed by atoms with Gasteiger partial charge in [-0.05, 0) is 43.2 Å². The van der Waals surface area contributed by atoms with Crippen LogP contribution in [0.3, 0.4) is 0 Å². The number of nitrogens with zero attached hydrogens (tertiary/aromatic N) is 4. The van der Waals surface area contributed by atoms with Crippen LogP contribution in [0.4, 0.5) is 5.69 Å². The standard InChI is InChI=1S/C25H30N6O3/c1-4-18-10-20-21(29-23(18)32)9-17(11-27-20)12-30-7-8-31(25(13-30)14-34-15-25)22-6-5-19(24(33)26-3)28-16(22)2/h5-6,9-11H,4,7-8,12-15H2,1-3H3,(H,26,33)(H,29,32). The zero-order chi connectivity index (χ0) is 23.9. The highest BCUT2D eigenvalue weighted by Gasteiger charge is 2.48. The number of ether oxygens (including phenoxy) is 1. The Hall–Kier alpha value is -3.30. The number of carbonyl (C=O) groups is 1. The predicted octanol–water partition coefficient (Wildman–Crippen LogP) is 1.64. The number of H-pyrrole nitrogens is 1. The molecule has 9 heteroatoms. The van der Waals surface area contributed by atoms with Crippen molar-refractivity contribution >= 4 is 22.6 Å². The van der Waals surface area contributed by atoms with Crippen molar-refractivity contribution < 1.29 is 9.53 Å². The molecule has 2 aliphatic rings. The van der Waals surface area contributed by atoms with E-state index in [-0.39, 0.29) is 17.0 Å². The van der Waals surface area contributed by atoms with Crippen LogP contribution in [0.1, 0.15) is 34.2 Å². The van der Waals surface area contributed by atoms with Gasteiger partial charge in [0, 0.05) is 45.0 Å².